The molecule has 0 aliphatic carbocycles. The Morgan fingerprint density at radius 2 is 2.20 bits per heavy atom. The Morgan fingerprint density at radius 3 is 2.70 bits per heavy atom. The molecule has 0 atom stereocenters. The average Bonchev–Trinajstić information content (AvgIpc) is 1.87. The molecule has 0 amide bonds. The van der Waals surface area contributed by atoms with Gasteiger partial charge < -0.3 is 9.84 Å². The number of ether oxygens (including phenoxy) is 1. The highest BCUT2D eigenvalue weighted by atomic mass is 17.2. The Hall–Kier alpha value is -0.810. The molecule has 0 unspecified atom stereocenters. The van der Waals surface area contributed by atoms with Gasteiger partial charge in [0.05, 0.1) is 6.61 Å². The van der Waals surface area contributed by atoms with Gasteiger partial charge in [-0.25, -0.2) is 4.79 Å². The van der Waals surface area contributed by atoms with Crippen molar-refractivity contribution in [2.45, 2.75) is 6.92 Å². The lowest BCUT2D eigenvalue weighted by Gasteiger charge is -1.99. The second-order valence-electron chi connectivity index (χ2n) is 1.37. The summed E-state index contributed by atoms with van der Waals surface area (Å²) in [5.74, 6) is 0. The fourth-order valence-corrected chi connectivity index (χ4v) is 0.329. The van der Waals surface area contributed by atoms with E-state index < -0.39 is 6.16 Å². The van der Waals surface area contributed by atoms with E-state index in [2.05, 4.69) is 9.78 Å². The van der Waals surface area contributed by atoms with Gasteiger partial charge in [-0.3, -0.25) is 4.89 Å². The van der Waals surface area contributed by atoms with Crippen LogP contribution in [0.1, 0.15) is 6.92 Å². The smallest absolute Gasteiger partial charge is 0.448 e. The van der Waals surface area contributed by atoms with Crippen molar-refractivity contribution in [1.82, 2.24) is 0 Å². The molecule has 5 heteroatoms. The van der Waals surface area contributed by atoms with E-state index in [0.717, 1.165) is 0 Å². The molecule has 0 bridgehead atoms. The van der Waals surface area contributed by atoms with E-state index >= 15 is 0 Å². The number of carbonyl (C=O) groups is 1. The second-order valence-corrected chi connectivity index (χ2v) is 1.37. The highest BCUT2D eigenvalue weighted by Gasteiger charge is 1.95. The standard InChI is InChI=1S/C5H10O5/c1-2-8-3-4-9-10-5(6)7/h2-4H2,1H3,(H,6,7). The third-order valence-electron chi connectivity index (χ3n) is 0.645. The minimum atomic E-state index is -1.45. The monoisotopic (exact) mass is 150 g/mol. The minimum Gasteiger partial charge on any atom is -0.448 e. The molecule has 5 nitrogen and oxygen atoms in total. The van der Waals surface area contributed by atoms with E-state index in [-0.39, 0.29) is 6.61 Å². The van der Waals surface area contributed by atoms with Gasteiger partial charge in [0.25, 0.3) is 0 Å². The van der Waals surface area contributed by atoms with Gasteiger partial charge in [-0.2, -0.15) is 4.89 Å². The molecule has 0 aromatic heterocycles. The molecule has 0 radical (unpaired) electrons. The first-order valence-corrected chi connectivity index (χ1v) is 2.87. The van der Waals surface area contributed by atoms with Crippen LogP contribution in [0.4, 0.5) is 4.79 Å². The van der Waals surface area contributed by atoms with E-state index in [4.69, 9.17) is 9.84 Å². The summed E-state index contributed by atoms with van der Waals surface area (Å²) in [7, 11) is 0. The first kappa shape index (κ1) is 9.19. The fourth-order valence-electron chi connectivity index (χ4n) is 0.329. The number of carboxylic acid groups (broad SMARTS) is 1. The van der Waals surface area contributed by atoms with E-state index in [1.54, 1.807) is 0 Å². The lowest BCUT2D eigenvalue weighted by atomic mass is 10.7. The molecule has 1 N–H and O–H groups in total. The Bertz CT molecular complexity index is 92.0. The number of rotatable bonds is 5. The van der Waals surface area contributed by atoms with Gasteiger partial charge in [0.1, 0.15) is 6.61 Å². The molecule has 0 saturated heterocycles. The van der Waals surface area contributed by atoms with Crippen LogP contribution in [0.15, 0.2) is 0 Å². The summed E-state index contributed by atoms with van der Waals surface area (Å²) in [6.07, 6.45) is -1.45. The maximum absolute atomic E-state index is 9.64. The highest BCUT2D eigenvalue weighted by Crippen LogP contribution is 1.80. The van der Waals surface area contributed by atoms with Crippen LogP contribution in [0.5, 0.6) is 0 Å². The highest BCUT2D eigenvalue weighted by molar-refractivity contribution is 5.55. The predicted molar refractivity (Wildman–Crippen MR) is 31.6 cm³/mol. The van der Waals surface area contributed by atoms with Crippen LogP contribution >= 0.6 is 0 Å². The van der Waals surface area contributed by atoms with E-state index in [1.807, 2.05) is 6.92 Å². The molecule has 0 fully saturated rings. The van der Waals surface area contributed by atoms with Crippen LogP contribution in [0.25, 0.3) is 0 Å². The van der Waals surface area contributed by atoms with Crippen molar-refractivity contribution in [2.24, 2.45) is 0 Å². The van der Waals surface area contributed by atoms with Crippen LogP contribution in [0, 0.1) is 0 Å². The summed E-state index contributed by atoms with van der Waals surface area (Å²) in [5, 5.41) is 7.88. The zero-order valence-electron chi connectivity index (χ0n) is 5.70. The van der Waals surface area contributed by atoms with E-state index in [1.165, 1.54) is 0 Å². The number of hydrogen-bond acceptors (Lipinski definition) is 4. The van der Waals surface area contributed by atoms with E-state index in [0.29, 0.717) is 13.2 Å². The minimum absolute atomic E-state index is 0.125. The molecule has 60 valence electrons. The van der Waals surface area contributed by atoms with Crippen LogP contribution < -0.4 is 0 Å². The lowest BCUT2D eigenvalue weighted by Crippen LogP contribution is -2.07. The van der Waals surface area contributed by atoms with Gasteiger partial charge in [0.15, 0.2) is 0 Å². The Kier molecular flexibility index (Phi) is 5.80. The molecule has 0 aliphatic rings. The Morgan fingerprint density at radius 1 is 1.50 bits per heavy atom. The Labute approximate surface area is 58.4 Å². The first-order chi connectivity index (χ1) is 4.77. The van der Waals surface area contributed by atoms with Gasteiger partial charge in [-0.15, -0.1) is 0 Å². The van der Waals surface area contributed by atoms with Crippen LogP contribution in [-0.4, -0.2) is 31.1 Å². The summed E-state index contributed by atoms with van der Waals surface area (Å²) in [4.78, 5) is 17.5. The third kappa shape index (κ3) is 7.19. The molecular weight excluding hydrogens is 140 g/mol. The van der Waals surface area contributed by atoms with Crippen LogP contribution in [0.3, 0.4) is 0 Å². The van der Waals surface area contributed by atoms with Crippen molar-refractivity contribution in [3.8, 4) is 0 Å². The van der Waals surface area contributed by atoms with Crippen LogP contribution in [0.2, 0.25) is 0 Å². The summed E-state index contributed by atoms with van der Waals surface area (Å²) in [6.45, 7) is 2.87. The fraction of sp³-hybridized carbons (Fsp3) is 0.800. The normalized spacial score (nSPS) is 9.30. The second kappa shape index (κ2) is 6.31. The third-order valence-corrected chi connectivity index (χ3v) is 0.645. The molecule has 10 heavy (non-hydrogen) atoms. The quantitative estimate of drug-likeness (QED) is 0.354. The molecular formula is C5H10O5. The maximum Gasteiger partial charge on any atom is 0.537 e. The average molecular weight is 150 g/mol. The SMILES string of the molecule is CCOCCOOC(=O)O. The van der Waals surface area contributed by atoms with Crippen molar-refractivity contribution in [1.29, 1.82) is 0 Å². The topological polar surface area (TPSA) is 65.0 Å². The zero-order valence-corrected chi connectivity index (χ0v) is 5.70. The van der Waals surface area contributed by atoms with E-state index in [9.17, 15) is 4.79 Å². The molecule has 0 aromatic carbocycles. The van der Waals surface area contributed by atoms with Gasteiger partial charge in [-0.1, -0.05) is 0 Å². The molecule has 0 saturated carbocycles. The molecule has 0 rings (SSSR count). The molecule has 0 aliphatic heterocycles. The van der Waals surface area contributed by atoms with Crippen molar-refractivity contribution in [3.05, 3.63) is 0 Å². The van der Waals surface area contributed by atoms with Gasteiger partial charge in [-0.05, 0) is 6.92 Å². The van der Waals surface area contributed by atoms with Crippen LogP contribution in [-0.2, 0) is 14.5 Å². The summed E-state index contributed by atoms with van der Waals surface area (Å²) in [5.41, 5.74) is 0. The Balaban J connectivity index is 2.84. The number of hydrogen-bond donors (Lipinski definition) is 1. The summed E-state index contributed by atoms with van der Waals surface area (Å²) < 4.78 is 4.82. The summed E-state index contributed by atoms with van der Waals surface area (Å²) in [6, 6.07) is 0. The maximum atomic E-state index is 9.64. The first-order valence-electron chi connectivity index (χ1n) is 2.87. The van der Waals surface area contributed by atoms with Crippen molar-refractivity contribution in [2.75, 3.05) is 19.8 Å². The van der Waals surface area contributed by atoms with Gasteiger partial charge in [0, 0.05) is 6.61 Å². The predicted octanol–water partition coefficient (Wildman–Crippen LogP) is 0.649. The molecule has 0 heterocycles. The molecule has 0 spiro atoms. The lowest BCUT2D eigenvalue weighted by molar-refractivity contribution is -0.256. The van der Waals surface area contributed by atoms with Crippen molar-refractivity contribution >= 4 is 6.16 Å². The van der Waals surface area contributed by atoms with Crippen molar-refractivity contribution in [3.63, 3.8) is 0 Å². The molecule has 0 aromatic rings. The van der Waals surface area contributed by atoms with Gasteiger partial charge in [0.2, 0.25) is 0 Å². The summed E-state index contributed by atoms with van der Waals surface area (Å²) >= 11 is 0. The zero-order chi connectivity index (χ0) is 7.82. The van der Waals surface area contributed by atoms with Crippen molar-refractivity contribution < 1.29 is 24.4 Å². The van der Waals surface area contributed by atoms with Gasteiger partial charge >= 0.3 is 6.16 Å². The largest absolute Gasteiger partial charge is 0.537 e.